The van der Waals surface area contributed by atoms with E-state index in [2.05, 4.69) is 31.2 Å². The fourth-order valence-electron chi connectivity index (χ4n) is 3.27. The predicted octanol–water partition coefficient (Wildman–Crippen LogP) is 2.96. The topological polar surface area (TPSA) is 114 Å². The van der Waals surface area contributed by atoms with E-state index < -0.39 is 48.3 Å². The second-order valence-corrected chi connectivity index (χ2v) is 9.72. The second kappa shape index (κ2) is 9.37. The van der Waals surface area contributed by atoms with Crippen LogP contribution >= 0.6 is 39.0 Å². The quantitative estimate of drug-likeness (QED) is 0.442. The van der Waals surface area contributed by atoms with E-state index in [1.165, 1.54) is 22.1 Å². The van der Waals surface area contributed by atoms with Gasteiger partial charge < -0.3 is 20.1 Å². The van der Waals surface area contributed by atoms with Gasteiger partial charge in [-0.15, -0.1) is 5.10 Å². The fraction of sp³-hybridized carbons (Fsp3) is 0.389. The zero-order chi connectivity index (χ0) is 23.0. The smallest absolute Gasteiger partial charge is 0.394 e. The van der Waals surface area contributed by atoms with Gasteiger partial charge >= 0.3 is 6.18 Å². The lowest BCUT2D eigenvalue weighted by Gasteiger charge is -2.41. The number of aliphatic hydroxyl groups excluding tert-OH is 3. The molecule has 4 unspecified atom stereocenters. The van der Waals surface area contributed by atoms with E-state index in [0.717, 1.165) is 23.5 Å². The molecule has 8 nitrogen and oxygen atoms in total. The van der Waals surface area contributed by atoms with E-state index in [1.54, 1.807) is 6.20 Å². The van der Waals surface area contributed by atoms with Crippen molar-refractivity contribution >= 4 is 39.0 Å². The lowest BCUT2D eigenvalue weighted by molar-refractivity contribution is -0.178. The number of ether oxygens (including phenoxy) is 1. The van der Waals surface area contributed by atoms with Crippen molar-refractivity contribution in [2.75, 3.05) is 6.61 Å². The van der Waals surface area contributed by atoms with E-state index in [9.17, 15) is 28.5 Å². The summed E-state index contributed by atoms with van der Waals surface area (Å²) < 4.78 is 45.5. The van der Waals surface area contributed by atoms with Crippen LogP contribution in [0.4, 0.5) is 13.2 Å². The number of aliphatic hydroxyl groups is 3. The van der Waals surface area contributed by atoms with Gasteiger partial charge in [0.25, 0.3) is 0 Å². The van der Waals surface area contributed by atoms with Crippen molar-refractivity contribution in [2.45, 2.75) is 40.9 Å². The summed E-state index contributed by atoms with van der Waals surface area (Å²) in [6.45, 7) is -0.539. The van der Waals surface area contributed by atoms with Gasteiger partial charge in [0.15, 0.2) is 5.69 Å². The van der Waals surface area contributed by atoms with E-state index in [-0.39, 0.29) is 4.47 Å². The van der Waals surface area contributed by atoms with Crippen LogP contribution in [0.2, 0.25) is 0 Å². The molecule has 1 fully saturated rings. The highest BCUT2D eigenvalue weighted by molar-refractivity contribution is 9.10. The van der Waals surface area contributed by atoms with Gasteiger partial charge in [-0.25, -0.2) is 9.67 Å². The zero-order valence-electron chi connectivity index (χ0n) is 15.9. The molecule has 0 aromatic carbocycles. The maximum Gasteiger partial charge on any atom is 0.434 e. The highest BCUT2D eigenvalue weighted by atomic mass is 79.9. The third-order valence-corrected chi connectivity index (χ3v) is 7.22. The number of thiophene rings is 1. The lowest BCUT2D eigenvalue weighted by atomic mass is 9.97. The molecule has 0 spiro atoms. The highest BCUT2D eigenvalue weighted by Crippen LogP contribution is 2.40. The highest BCUT2D eigenvalue weighted by Gasteiger charge is 2.46. The Kier molecular flexibility index (Phi) is 6.91. The summed E-state index contributed by atoms with van der Waals surface area (Å²) in [5, 5.41) is 43.1. The van der Waals surface area contributed by atoms with E-state index in [1.807, 2.05) is 16.8 Å². The van der Waals surface area contributed by atoms with Crippen LogP contribution in [0.3, 0.4) is 0 Å². The summed E-state index contributed by atoms with van der Waals surface area (Å²) in [4.78, 5) is 3.74. The number of thioether (sulfide) groups is 1. The number of halogens is 4. The standard InChI is InChI=1S/C18H16BrF3N4O4S2/c19-10-3-9(4-23-16(10)18(20,21)22)32-17-15(29)13(14(28)12(6-27)30-17)26-5-11(24-25-26)8-1-2-31-7-8/h1-5,7,12-15,17,27-29H,6H2/t12?,13?,14?,15-,17?/m0/s1. The number of hydrogen-bond donors (Lipinski definition) is 3. The molecule has 3 aromatic rings. The number of alkyl halides is 3. The van der Waals surface area contributed by atoms with Crippen LogP contribution in [-0.2, 0) is 10.9 Å². The average molecular weight is 553 g/mol. The molecular weight excluding hydrogens is 537 g/mol. The van der Waals surface area contributed by atoms with Crippen molar-refractivity contribution in [3.05, 3.63) is 45.5 Å². The molecule has 4 rings (SSSR count). The molecule has 0 bridgehead atoms. The molecule has 32 heavy (non-hydrogen) atoms. The maximum absolute atomic E-state index is 12.9. The van der Waals surface area contributed by atoms with Crippen LogP contribution in [0, 0.1) is 0 Å². The number of hydrogen-bond acceptors (Lipinski definition) is 9. The number of rotatable bonds is 5. The largest absolute Gasteiger partial charge is 0.434 e. The normalized spacial score (nSPS) is 26.4. The Hall–Kier alpha value is -1.55. The molecule has 0 radical (unpaired) electrons. The Bertz CT molecular complexity index is 1070. The van der Waals surface area contributed by atoms with Crippen molar-refractivity contribution in [1.82, 2.24) is 20.0 Å². The number of aromatic nitrogens is 4. The third-order valence-electron chi connectivity index (χ3n) is 4.82. The number of nitrogens with zero attached hydrogens (tertiary/aromatic N) is 4. The van der Waals surface area contributed by atoms with Crippen LogP contribution in [0.5, 0.6) is 0 Å². The average Bonchev–Trinajstić information content (AvgIpc) is 3.41. The van der Waals surface area contributed by atoms with Crippen molar-refractivity contribution < 1.29 is 33.2 Å². The minimum absolute atomic E-state index is 0.257. The van der Waals surface area contributed by atoms with Gasteiger partial charge in [-0.05, 0) is 33.4 Å². The SMILES string of the molecule is OCC1OC(Sc2cnc(C(F)(F)F)c(Br)c2)[C@@H](O)C(n2cc(-c3ccsc3)nn2)C1O. The van der Waals surface area contributed by atoms with E-state index in [0.29, 0.717) is 10.6 Å². The summed E-state index contributed by atoms with van der Waals surface area (Å²) in [6, 6.07) is 2.05. The molecule has 1 aliphatic rings. The lowest BCUT2D eigenvalue weighted by Crippen LogP contribution is -2.55. The van der Waals surface area contributed by atoms with E-state index in [4.69, 9.17) is 4.74 Å². The Labute approximate surface area is 196 Å². The van der Waals surface area contributed by atoms with E-state index >= 15 is 0 Å². The first-order valence-electron chi connectivity index (χ1n) is 9.15. The minimum Gasteiger partial charge on any atom is -0.394 e. The van der Waals surface area contributed by atoms with Gasteiger partial charge in [-0.2, -0.15) is 24.5 Å². The zero-order valence-corrected chi connectivity index (χ0v) is 19.1. The first-order chi connectivity index (χ1) is 15.2. The summed E-state index contributed by atoms with van der Waals surface area (Å²) in [5.74, 6) is 0. The van der Waals surface area contributed by atoms with Gasteiger partial charge in [0.05, 0.1) is 12.8 Å². The molecule has 0 amide bonds. The molecule has 0 saturated carbocycles. The van der Waals surface area contributed by atoms with Crippen molar-refractivity contribution in [1.29, 1.82) is 0 Å². The summed E-state index contributed by atoms with van der Waals surface area (Å²) in [6.07, 6.45) is -5.71. The minimum atomic E-state index is -4.62. The van der Waals surface area contributed by atoms with Crippen LogP contribution in [-0.4, -0.2) is 65.7 Å². The van der Waals surface area contributed by atoms with Crippen molar-refractivity contribution in [3.63, 3.8) is 0 Å². The molecule has 5 atom stereocenters. The third kappa shape index (κ3) is 4.71. The maximum atomic E-state index is 12.9. The monoisotopic (exact) mass is 552 g/mol. The molecule has 172 valence electrons. The first kappa shape index (κ1) is 23.6. The molecule has 3 N–H and O–H groups in total. The van der Waals surface area contributed by atoms with Crippen molar-refractivity contribution in [2.24, 2.45) is 0 Å². The van der Waals surface area contributed by atoms with Gasteiger partial charge in [-0.1, -0.05) is 17.0 Å². The summed E-state index contributed by atoms with van der Waals surface area (Å²) in [7, 11) is 0. The second-order valence-electron chi connectivity index (χ2n) is 6.91. The summed E-state index contributed by atoms with van der Waals surface area (Å²) in [5.41, 5.74) is -0.739. The van der Waals surface area contributed by atoms with Gasteiger partial charge in [0, 0.05) is 26.5 Å². The first-order valence-corrected chi connectivity index (χ1v) is 11.8. The molecule has 4 heterocycles. The molecule has 0 aliphatic carbocycles. The molecule has 14 heteroatoms. The fourth-order valence-corrected chi connectivity index (χ4v) is 5.71. The van der Waals surface area contributed by atoms with Gasteiger partial charge in [0.2, 0.25) is 0 Å². The van der Waals surface area contributed by atoms with Crippen LogP contribution in [0.25, 0.3) is 11.3 Å². The summed E-state index contributed by atoms with van der Waals surface area (Å²) >= 11 is 5.26. The van der Waals surface area contributed by atoms with Gasteiger partial charge in [-0.3, -0.25) is 0 Å². The molecule has 1 aliphatic heterocycles. The molecular formula is C18H16BrF3N4O4S2. The molecule has 3 aromatic heterocycles. The molecule has 1 saturated heterocycles. The Balaban J connectivity index is 1.59. The Morgan fingerprint density at radius 3 is 2.69 bits per heavy atom. The van der Waals surface area contributed by atoms with Crippen LogP contribution < -0.4 is 0 Å². The van der Waals surface area contributed by atoms with Crippen LogP contribution in [0.1, 0.15) is 11.7 Å². The van der Waals surface area contributed by atoms with Gasteiger partial charge in [0.1, 0.15) is 35.5 Å². The Morgan fingerprint density at radius 1 is 1.28 bits per heavy atom. The van der Waals surface area contributed by atoms with Crippen LogP contribution in [0.15, 0.2) is 44.7 Å². The number of pyridine rings is 1. The Morgan fingerprint density at radius 2 is 2.06 bits per heavy atom. The predicted molar refractivity (Wildman–Crippen MR) is 113 cm³/mol. The van der Waals surface area contributed by atoms with Crippen molar-refractivity contribution in [3.8, 4) is 11.3 Å².